The van der Waals surface area contributed by atoms with Crippen LogP contribution in [0.15, 0.2) is 54.6 Å². The maximum Gasteiger partial charge on any atom is 0.316 e. The van der Waals surface area contributed by atoms with Gasteiger partial charge in [0.15, 0.2) is 0 Å². The number of hydrogen-bond acceptors (Lipinski definition) is 3. The normalized spacial score (nSPS) is 18.8. The maximum absolute atomic E-state index is 10.9. The van der Waals surface area contributed by atoms with Crippen LogP contribution in [0.3, 0.4) is 0 Å². The largest absolute Gasteiger partial charge is 0.351 e. The number of carbonyl (C=O) groups excluding carboxylic acids is 1. The highest BCUT2D eigenvalue weighted by molar-refractivity contribution is 5.87. The van der Waals surface area contributed by atoms with Gasteiger partial charge in [-0.25, -0.2) is 4.79 Å². The van der Waals surface area contributed by atoms with Crippen molar-refractivity contribution in [3.05, 3.63) is 65.7 Å². The van der Waals surface area contributed by atoms with Gasteiger partial charge in [0.05, 0.1) is 0 Å². The van der Waals surface area contributed by atoms with Gasteiger partial charge in [0.25, 0.3) is 0 Å². The lowest BCUT2D eigenvalue weighted by Gasteiger charge is -2.21. The van der Waals surface area contributed by atoms with Gasteiger partial charge in [-0.15, -0.1) is 0 Å². The summed E-state index contributed by atoms with van der Waals surface area (Å²) < 4.78 is 0. The molecule has 25 heavy (non-hydrogen) atoms. The topological polar surface area (TPSA) is 70.4 Å². The quantitative estimate of drug-likeness (QED) is 0.758. The zero-order chi connectivity index (χ0) is 17.6. The van der Waals surface area contributed by atoms with Crippen molar-refractivity contribution in [3.8, 4) is 0 Å². The summed E-state index contributed by atoms with van der Waals surface area (Å²) >= 11 is 0. The van der Waals surface area contributed by atoms with Crippen LogP contribution in [0, 0.1) is 0 Å². The second-order valence-electron chi connectivity index (χ2n) is 6.71. The molecule has 2 atom stereocenters. The Labute approximate surface area is 149 Å². The van der Waals surface area contributed by atoms with Gasteiger partial charge >= 0.3 is 6.03 Å². The molecule has 5 nitrogen and oxygen atoms in total. The van der Waals surface area contributed by atoms with Gasteiger partial charge in [0.2, 0.25) is 0 Å². The van der Waals surface area contributed by atoms with Crippen LogP contribution in [0.1, 0.15) is 30.5 Å². The molecule has 1 aliphatic rings. The number of primary amides is 1. The Balaban J connectivity index is 1.50. The number of benzene rings is 2. The van der Waals surface area contributed by atoms with Crippen molar-refractivity contribution < 1.29 is 4.79 Å². The van der Waals surface area contributed by atoms with Gasteiger partial charge in [-0.3, -0.25) is 4.90 Å². The van der Waals surface area contributed by atoms with E-state index in [1.807, 2.05) is 24.3 Å². The number of carbonyl (C=O) groups is 1. The standard InChI is InChI=1S/C20H26N4O/c1-15(17-7-9-18(10-8-17)23-20(21)25)22-19-11-12-24(14-19)13-16-5-3-2-4-6-16/h2-10,15,19,22H,11-14H2,1H3,(H3,21,23,25). The van der Waals surface area contributed by atoms with Crippen LogP contribution in [0.4, 0.5) is 10.5 Å². The van der Waals surface area contributed by atoms with E-state index in [0.717, 1.165) is 25.3 Å². The third kappa shape index (κ3) is 5.05. The summed E-state index contributed by atoms with van der Waals surface area (Å²) in [6, 6.07) is 18.7. The molecule has 2 unspecified atom stereocenters. The molecule has 0 bridgehead atoms. The van der Waals surface area contributed by atoms with Crippen LogP contribution in [-0.2, 0) is 6.54 Å². The zero-order valence-electron chi connectivity index (χ0n) is 14.6. The Hall–Kier alpha value is -2.37. The highest BCUT2D eigenvalue weighted by Gasteiger charge is 2.23. The lowest BCUT2D eigenvalue weighted by atomic mass is 10.1. The predicted octanol–water partition coefficient (Wildman–Crippen LogP) is 3.10. The third-order valence-electron chi connectivity index (χ3n) is 4.69. The Kier molecular flexibility index (Phi) is 5.68. The Bertz CT molecular complexity index is 687. The van der Waals surface area contributed by atoms with Crippen molar-refractivity contribution in [1.29, 1.82) is 0 Å². The molecule has 2 amide bonds. The van der Waals surface area contributed by atoms with Crippen molar-refractivity contribution in [1.82, 2.24) is 10.2 Å². The fourth-order valence-electron chi connectivity index (χ4n) is 3.40. The van der Waals surface area contributed by atoms with E-state index in [4.69, 9.17) is 5.73 Å². The molecule has 4 N–H and O–H groups in total. The summed E-state index contributed by atoms with van der Waals surface area (Å²) in [5, 5.41) is 6.30. The molecule has 0 aromatic heterocycles. The number of rotatable bonds is 6. The summed E-state index contributed by atoms with van der Waals surface area (Å²) in [5.74, 6) is 0. The highest BCUT2D eigenvalue weighted by Crippen LogP contribution is 2.20. The summed E-state index contributed by atoms with van der Waals surface area (Å²) in [5.41, 5.74) is 8.43. The van der Waals surface area contributed by atoms with Crippen molar-refractivity contribution in [2.75, 3.05) is 18.4 Å². The molecular weight excluding hydrogens is 312 g/mol. The monoisotopic (exact) mass is 338 g/mol. The molecule has 0 aliphatic carbocycles. The molecule has 1 saturated heterocycles. The minimum absolute atomic E-state index is 0.268. The molecule has 0 saturated carbocycles. The third-order valence-corrected chi connectivity index (χ3v) is 4.69. The molecule has 2 aromatic rings. The molecular formula is C20H26N4O. The minimum Gasteiger partial charge on any atom is -0.351 e. The van der Waals surface area contributed by atoms with E-state index in [9.17, 15) is 4.79 Å². The van der Waals surface area contributed by atoms with E-state index in [2.05, 4.69) is 52.8 Å². The van der Waals surface area contributed by atoms with Crippen LogP contribution in [0.25, 0.3) is 0 Å². The number of nitrogens with one attached hydrogen (secondary N) is 2. The molecule has 3 rings (SSSR count). The first kappa shape index (κ1) is 17.5. The second-order valence-corrected chi connectivity index (χ2v) is 6.71. The van der Waals surface area contributed by atoms with E-state index in [1.54, 1.807) is 0 Å². The lowest BCUT2D eigenvalue weighted by molar-refractivity contribution is 0.259. The van der Waals surface area contributed by atoms with E-state index >= 15 is 0 Å². The average molecular weight is 338 g/mol. The first-order valence-corrected chi connectivity index (χ1v) is 8.79. The van der Waals surface area contributed by atoms with Crippen LogP contribution >= 0.6 is 0 Å². The number of urea groups is 1. The summed E-state index contributed by atoms with van der Waals surface area (Å²) in [6.07, 6.45) is 1.17. The van der Waals surface area contributed by atoms with Crippen LogP contribution in [0.5, 0.6) is 0 Å². The lowest BCUT2D eigenvalue weighted by Crippen LogP contribution is -2.34. The molecule has 132 valence electrons. The predicted molar refractivity (Wildman–Crippen MR) is 101 cm³/mol. The van der Waals surface area contributed by atoms with Crippen molar-refractivity contribution in [2.45, 2.75) is 32.0 Å². The summed E-state index contributed by atoms with van der Waals surface area (Å²) in [4.78, 5) is 13.4. The molecule has 0 spiro atoms. The van der Waals surface area contributed by atoms with Gasteiger partial charge in [-0.05, 0) is 36.6 Å². The average Bonchev–Trinajstić information content (AvgIpc) is 3.02. The Morgan fingerprint density at radius 2 is 1.92 bits per heavy atom. The van der Waals surface area contributed by atoms with Gasteiger partial charge < -0.3 is 16.4 Å². The first-order chi connectivity index (χ1) is 12.1. The van der Waals surface area contributed by atoms with Crippen LogP contribution in [0.2, 0.25) is 0 Å². The van der Waals surface area contributed by atoms with E-state index < -0.39 is 6.03 Å². The number of hydrogen-bond donors (Lipinski definition) is 3. The second kappa shape index (κ2) is 8.14. The number of likely N-dealkylation sites (tertiary alicyclic amines) is 1. The molecule has 1 heterocycles. The number of anilines is 1. The maximum atomic E-state index is 10.9. The van der Waals surface area contributed by atoms with Crippen LogP contribution < -0.4 is 16.4 Å². The van der Waals surface area contributed by atoms with Crippen LogP contribution in [-0.4, -0.2) is 30.1 Å². The van der Waals surface area contributed by atoms with Crippen molar-refractivity contribution in [3.63, 3.8) is 0 Å². The van der Waals surface area contributed by atoms with E-state index in [1.165, 1.54) is 17.5 Å². The number of nitrogens with zero attached hydrogens (tertiary/aromatic N) is 1. The van der Waals surface area contributed by atoms with E-state index in [0.29, 0.717) is 6.04 Å². The summed E-state index contributed by atoms with van der Waals surface area (Å²) in [6.45, 7) is 5.39. The molecule has 1 aliphatic heterocycles. The number of nitrogens with two attached hydrogens (primary N) is 1. The van der Waals surface area contributed by atoms with Gasteiger partial charge in [0, 0.05) is 37.4 Å². The van der Waals surface area contributed by atoms with Gasteiger partial charge in [-0.1, -0.05) is 42.5 Å². The van der Waals surface area contributed by atoms with E-state index in [-0.39, 0.29) is 6.04 Å². The Morgan fingerprint density at radius 1 is 1.20 bits per heavy atom. The van der Waals surface area contributed by atoms with Crippen molar-refractivity contribution >= 4 is 11.7 Å². The molecule has 1 fully saturated rings. The number of amides is 2. The van der Waals surface area contributed by atoms with Crippen molar-refractivity contribution in [2.24, 2.45) is 5.73 Å². The SMILES string of the molecule is CC(NC1CCN(Cc2ccccc2)C1)c1ccc(NC(N)=O)cc1. The first-order valence-electron chi connectivity index (χ1n) is 8.79. The zero-order valence-corrected chi connectivity index (χ0v) is 14.6. The molecule has 0 radical (unpaired) electrons. The summed E-state index contributed by atoms with van der Waals surface area (Å²) in [7, 11) is 0. The minimum atomic E-state index is -0.539. The molecule has 2 aromatic carbocycles. The molecule has 5 heteroatoms. The fourth-order valence-corrected chi connectivity index (χ4v) is 3.40. The fraction of sp³-hybridized carbons (Fsp3) is 0.350. The Morgan fingerprint density at radius 3 is 2.60 bits per heavy atom. The van der Waals surface area contributed by atoms with Gasteiger partial charge in [0.1, 0.15) is 0 Å². The smallest absolute Gasteiger partial charge is 0.316 e. The highest BCUT2D eigenvalue weighted by atomic mass is 16.2. The van der Waals surface area contributed by atoms with Gasteiger partial charge in [-0.2, -0.15) is 0 Å².